The van der Waals surface area contributed by atoms with E-state index < -0.39 is 0 Å². The number of hydrogen-bond acceptors (Lipinski definition) is 3. The molecular formula is C19H19N3O. The molecule has 4 nitrogen and oxygen atoms in total. The third-order valence-corrected chi connectivity index (χ3v) is 5.03. The van der Waals surface area contributed by atoms with Gasteiger partial charge in [0.2, 0.25) is 0 Å². The number of fused-ring (bicyclic) bond motifs is 3. The highest BCUT2D eigenvalue weighted by molar-refractivity contribution is 5.99. The van der Waals surface area contributed by atoms with Crippen LogP contribution < -0.4 is 5.32 Å². The van der Waals surface area contributed by atoms with Gasteiger partial charge >= 0.3 is 0 Å². The van der Waals surface area contributed by atoms with Crippen LogP contribution in [0.25, 0.3) is 10.8 Å². The minimum atomic E-state index is -0.0123. The maximum atomic E-state index is 12.6. The third kappa shape index (κ3) is 2.80. The van der Waals surface area contributed by atoms with Gasteiger partial charge in [-0.15, -0.1) is 0 Å². The number of nitrogens with zero attached hydrogens (tertiary/aromatic N) is 2. The van der Waals surface area contributed by atoms with Crippen LogP contribution in [0.5, 0.6) is 0 Å². The van der Waals surface area contributed by atoms with Crippen molar-refractivity contribution in [3.8, 4) is 6.07 Å². The fraction of sp³-hybridized carbons (Fsp3) is 0.368. The lowest BCUT2D eigenvalue weighted by molar-refractivity contribution is 0.0909. The largest absolute Gasteiger partial charge is 0.348 e. The Morgan fingerprint density at radius 2 is 2.04 bits per heavy atom. The molecule has 2 aromatic rings. The smallest absolute Gasteiger partial charge is 0.251 e. The molecule has 2 bridgehead atoms. The molecule has 0 saturated carbocycles. The van der Waals surface area contributed by atoms with Crippen molar-refractivity contribution in [2.24, 2.45) is 5.92 Å². The van der Waals surface area contributed by atoms with Gasteiger partial charge in [-0.3, -0.25) is 4.79 Å². The molecule has 4 rings (SSSR count). The van der Waals surface area contributed by atoms with Crippen LogP contribution in [0.2, 0.25) is 0 Å². The standard InChI is InChI=1S/C19H19N3O/c20-10-13-1-2-15-3-4-16(9-17(15)7-13)19(23)21-18-8-14-5-6-22(11-14)12-18/h1-4,7,9,14,18H,5-6,8,11-12H2,(H,21,23)/t14-,18+/m0/s1. The number of carbonyl (C=O) groups excluding carboxylic acids is 1. The van der Waals surface area contributed by atoms with E-state index in [1.807, 2.05) is 30.3 Å². The van der Waals surface area contributed by atoms with Gasteiger partial charge < -0.3 is 10.2 Å². The van der Waals surface area contributed by atoms with Gasteiger partial charge in [-0.25, -0.2) is 0 Å². The second-order valence-corrected chi connectivity index (χ2v) is 6.71. The Labute approximate surface area is 135 Å². The molecule has 0 aliphatic carbocycles. The topological polar surface area (TPSA) is 56.1 Å². The summed E-state index contributed by atoms with van der Waals surface area (Å²) in [5, 5.41) is 14.2. The van der Waals surface area contributed by atoms with E-state index in [1.54, 1.807) is 6.07 Å². The Kier molecular flexibility index (Phi) is 3.51. The van der Waals surface area contributed by atoms with Gasteiger partial charge in [0.15, 0.2) is 0 Å². The average Bonchev–Trinajstić information content (AvgIpc) is 2.92. The van der Waals surface area contributed by atoms with Gasteiger partial charge in [0.05, 0.1) is 11.6 Å². The minimum Gasteiger partial charge on any atom is -0.348 e. The van der Waals surface area contributed by atoms with E-state index in [-0.39, 0.29) is 11.9 Å². The van der Waals surface area contributed by atoms with Crippen LogP contribution in [0, 0.1) is 17.2 Å². The lowest BCUT2D eigenvalue weighted by Gasteiger charge is -2.30. The second-order valence-electron chi connectivity index (χ2n) is 6.71. The molecule has 2 aromatic carbocycles. The molecule has 2 heterocycles. The molecule has 3 atom stereocenters. The highest BCUT2D eigenvalue weighted by Crippen LogP contribution is 2.27. The first-order chi connectivity index (χ1) is 11.2. The van der Waals surface area contributed by atoms with Crippen LogP contribution in [-0.4, -0.2) is 36.5 Å². The van der Waals surface area contributed by atoms with Gasteiger partial charge in [-0.1, -0.05) is 12.1 Å². The van der Waals surface area contributed by atoms with E-state index in [1.165, 1.54) is 19.5 Å². The first-order valence-corrected chi connectivity index (χ1v) is 8.18. The van der Waals surface area contributed by atoms with E-state index >= 15 is 0 Å². The highest BCUT2D eigenvalue weighted by atomic mass is 16.1. The monoisotopic (exact) mass is 305 g/mol. The van der Waals surface area contributed by atoms with Crippen LogP contribution in [0.3, 0.4) is 0 Å². The molecule has 4 heteroatoms. The highest BCUT2D eigenvalue weighted by Gasteiger charge is 2.32. The summed E-state index contributed by atoms with van der Waals surface area (Å²) in [7, 11) is 0. The van der Waals surface area contributed by atoms with Gasteiger partial charge in [0.1, 0.15) is 0 Å². The number of amides is 1. The molecule has 0 radical (unpaired) electrons. The van der Waals surface area contributed by atoms with E-state index in [9.17, 15) is 4.79 Å². The summed E-state index contributed by atoms with van der Waals surface area (Å²) >= 11 is 0. The zero-order valence-corrected chi connectivity index (χ0v) is 13.0. The Morgan fingerprint density at radius 1 is 1.17 bits per heavy atom. The first-order valence-electron chi connectivity index (χ1n) is 8.18. The Morgan fingerprint density at radius 3 is 2.87 bits per heavy atom. The van der Waals surface area contributed by atoms with E-state index in [2.05, 4.69) is 16.3 Å². The molecule has 2 saturated heterocycles. The number of rotatable bonds is 2. The molecule has 1 amide bonds. The summed E-state index contributed by atoms with van der Waals surface area (Å²) in [5.41, 5.74) is 1.28. The molecule has 1 N–H and O–H groups in total. The number of nitriles is 1. The minimum absolute atomic E-state index is 0.0123. The normalized spacial score (nSPS) is 26.0. The number of hydrogen-bond donors (Lipinski definition) is 1. The zero-order valence-electron chi connectivity index (χ0n) is 13.0. The summed E-state index contributed by atoms with van der Waals surface area (Å²) in [5.74, 6) is 0.727. The fourth-order valence-electron chi connectivity index (χ4n) is 3.89. The molecular weight excluding hydrogens is 286 g/mol. The summed E-state index contributed by atoms with van der Waals surface area (Å²) in [6.07, 6.45) is 2.35. The second kappa shape index (κ2) is 5.68. The van der Waals surface area contributed by atoms with Gasteiger partial charge in [0, 0.05) is 24.7 Å². The van der Waals surface area contributed by atoms with Crippen molar-refractivity contribution in [3.63, 3.8) is 0 Å². The van der Waals surface area contributed by atoms with Crippen molar-refractivity contribution in [2.75, 3.05) is 19.6 Å². The predicted octanol–water partition coefficient (Wildman–Crippen LogP) is 2.54. The van der Waals surface area contributed by atoms with E-state index in [4.69, 9.17) is 5.26 Å². The number of nitrogens with one attached hydrogen (secondary N) is 1. The quantitative estimate of drug-likeness (QED) is 0.927. The molecule has 23 heavy (non-hydrogen) atoms. The molecule has 2 aliphatic heterocycles. The molecule has 0 aromatic heterocycles. The SMILES string of the molecule is N#Cc1ccc2ccc(C(=O)N[C@@H]3C[C@@H]4CCN(C4)C3)cc2c1. The fourth-order valence-corrected chi connectivity index (χ4v) is 3.89. The number of carbonyl (C=O) groups is 1. The average molecular weight is 305 g/mol. The van der Waals surface area contributed by atoms with Crippen molar-refractivity contribution in [1.82, 2.24) is 10.2 Å². The van der Waals surface area contributed by atoms with Crippen molar-refractivity contribution < 1.29 is 4.79 Å². The molecule has 2 aliphatic rings. The Hall–Kier alpha value is -2.38. The molecule has 1 unspecified atom stereocenters. The van der Waals surface area contributed by atoms with Crippen LogP contribution in [0.4, 0.5) is 0 Å². The van der Waals surface area contributed by atoms with Crippen molar-refractivity contribution >= 4 is 16.7 Å². The Bertz CT molecular complexity index is 796. The molecule has 116 valence electrons. The van der Waals surface area contributed by atoms with Gasteiger partial charge in [-0.2, -0.15) is 5.26 Å². The van der Waals surface area contributed by atoms with E-state index in [0.29, 0.717) is 11.1 Å². The first kappa shape index (κ1) is 14.2. The number of benzene rings is 2. The third-order valence-electron chi connectivity index (χ3n) is 5.03. The zero-order chi connectivity index (χ0) is 15.8. The summed E-state index contributed by atoms with van der Waals surface area (Å²) in [4.78, 5) is 15.0. The van der Waals surface area contributed by atoms with Crippen LogP contribution >= 0.6 is 0 Å². The van der Waals surface area contributed by atoms with Crippen molar-refractivity contribution in [2.45, 2.75) is 18.9 Å². The molecule has 2 fully saturated rings. The lowest BCUT2D eigenvalue weighted by Crippen LogP contribution is -2.47. The van der Waals surface area contributed by atoms with E-state index in [0.717, 1.165) is 29.7 Å². The van der Waals surface area contributed by atoms with Gasteiger partial charge in [0.25, 0.3) is 5.91 Å². The van der Waals surface area contributed by atoms with Gasteiger partial charge in [-0.05, 0) is 60.3 Å². The maximum absolute atomic E-state index is 12.6. The predicted molar refractivity (Wildman–Crippen MR) is 89.1 cm³/mol. The summed E-state index contributed by atoms with van der Waals surface area (Å²) < 4.78 is 0. The summed E-state index contributed by atoms with van der Waals surface area (Å²) in [6.45, 7) is 3.33. The summed E-state index contributed by atoms with van der Waals surface area (Å²) in [6, 6.07) is 13.6. The van der Waals surface area contributed by atoms with Crippen LogP contribution in [0.1, 0.15) is 28.8 Å². The van der Waals surface area contributed by atoms with Crippen LogP contribution in [-0.2, 0) is 0 Å². The lowest BCUT2D eigenvalue weighted by atomic mass is 9.96. The number of piperidine rings is 1. The van der Waals surface area contributed by atoms with Crippen LogP contribution in [0.15, 0.2) is 36.4 Å². The van der Waals surface area contributed by atoms with Crippen molar-refractivity contribution in [3.05, 3.63) is 47.5 Å². The van der Waals surface area contributed by atoms with Crippen molar-refractivity contribution in [1.29, 1.82) is 5.26 Å². The maximum Gasteiger partial charge on any atom is 0.251 e. The Balaban J connectivity index is 1.53. The molecule has 0 spiro atoms.